The molecule has 0 spiro atoms. The maximum absolute atomic E-state index is 14.4. The van der Waals surface area contributed by atoms with Crippen LogP contribution in [0.4, 0.5) is 9.18 Å². The van der Waals surface area contributed by atoms with E-state index in [1.165, 1.54) is 16.9 Å². The topological polar surface area (TPSA) is 126 Å². The molecule has 5 aromatic rings. The van der Waals surface area contributed by atoms with Crippen LogP contribution < -0.4 is 15.4 Å². The van der Waals surface area contributed by atoms with Gasteiger partial charge in [0.05, 0.1) is 11.2 Å². The Bertz CT molecular complexity index is 2110. The number of piperazine rings is 1. The van der Waals surface area contributed by atoms with Crippen molar-refractivity contribution in [1.29, 1.82) is 0 Å². The Hall–Kier alpha value is -5.66. The molecule has 13 heteroatoms. The van der Waals surface area contributed by atoms with Crippen molar-refractivity contribution in [3.63, 3.8) is 0 Å². The van der Waals surface area contributed by atoms with Gasteiger partial charge in [0.25, 0.3) is 11.8 Å². The van der Waals surface area contributed by atoms with Gasteiger partial charge in [-0.1, -0.05) is 66.7 Å². The van der Waals surface area contributed by atoms with Crippen LogP contribution in [0.1, 0.15) is 62.7 Å². The minimum atomic E-state index is -0.637. The van der Waals surface area contributed by atoms with Crippen molar-refractivity contribution in [3.05, 3.63) is 130 Å². The first kappa shape index (κ1) is 38.6. The van der Waals surface area contributed by atoms with Crippen molar-refractivity contribution in [1.82, 2.24) is 30.4 Å². The second-order valence-corrected chi connectivity index (χ2v) is 15.3. The summed E-state index contributed by atoms with van der Waals surface area (Å²) in [6.45, 7) is 5.91. The summed E-state index contributed by atoms with van der Waals surface area (Å²) in [5.41, 5.74) is 4.54. The number of rotatable bonds is 12. The maximum Gasteiger partial charge on any atom is 0.410 e. The molecule has 0 radical (unpaired) electrons. The lowest BCUT2D eigenvalue weighted by atomic mass is 9.91. The van der Waals surface area contributed by atoms with Crippen LogP contribution in [0.25, 0.3) is 11.1 Å². The molecule has 0 atom stereocenters. The molecule has 1 saturated carbocycles. The molecule has 0 bridgehead atoms. The second kappa shape index (κ2) is 18.3. The largest absolute Gasteiger partial charge is 0.445 e. The highest BCUT2D eigenvalue weighted by Gasteiger charge is 2.27. The Kier molecular flexibility index (Phi) is 12.6. The van der Waals surface area contributed by atoms with Crippen LogP contribution >= 0.6 is 11.3 Å². The number of amides is 3. The molecule has 11 nitrogen and oxygen atoms in total. The van der Waals surface area contributed by atoms with Gasteiger partial charge in [-0.25, -0.2) is 19.2 Å². The highest BCUT2D eigenvalue weighted by atomic mass is 32.1. The van der Waals surface area contributed by atoms with Crippen molar-refractivity contribution in [3.8, 4) is 22.8 Å². The van der Waals surface area contributed by atoms with E-state index in [1.807, 2.05) is 55.5 Å². The molecule has 0 unspecified atom stereocenters. The lowest BCUT2D eigenvalue weighted by molar-refractivity contribution is 0.0719. The third-order valence-electron chi connectivity index (χ3n) is 10.2. The number of aromatic nitrogens is 2. The van der Waals surface area contributed by atoms with Gasteiger partial charge >= 0.3 is 6.09 Å². The van der Waals surface area contributed by atoms with Crippen molar-refractivity contribution in [2.75, 3.05) is 32.7 Å². The number of aryl methyl sites for hydroxylation is 1. The Morgan fingerprint density at radius 1 is 0.821 bits per heavy atom. The fraction of sp³-hybridized carbons (Fsp3) is 0.326. The molecule has 2 aromatic heterocycles. The predicted octanol–water partition coefficient (Wildman–Crippen LogP) is 7.41. The van der Waals surface area contributed by atoms with Crippen LogP contribution in [0.2, 0.25) is 0 Å². The van der Waals surface area contributed by atoms with Gasteiger partial charge < -0.3 is 25.0 Å². The summed E-state index contributed by atoms with van der Waals surface area (Å²) >= 11 is 1.44. The molecule has 2 aliphatic rings. The Balaban J connectivity index is 0.881. The van der Waals surface area contributed by atoms with Crippen molar-refractivity contribution < 1.29 is 28.2 Å². The van der Waals surface area contributed by atoms with Gasteiger partial charge in [0.2, 0.25) is 5.88 Å². The van der Waals surface area contributed by atoms with Crippen LogP contribution in [0, 0.1) is 12.7 Å². The van der Waals surface area contributed by atoms with Crippen molar-refractivity contribution in [2.45, 2.75) is 57.7 Å². The van der Waals surface area contributed by atoms with E-state index in [-0.39, 0.29) is 42.1 Å². The molecule has 1 aliphatic heterocycles. The van der Waals surface area contributed by atoms with E-state index in [4.69, 9.17) is 9.47 Å². The number of carbonyl (C=O) groups is 3. The number of nitrogens with one attached hydrogen (secondary N) is 2. The first-order chi connectivity index (χ1) is 27.3. The van der Waals surface area contributed by atoms with E-state index in [1.54, 1.807) is 16.3 Å². The maximum atomic E-state index is 14.4. The third kappa shape index (κ3) is 10.3. The van der Waals surface area contributed by atoms with E-state index in [2.05, 4.69) is 49.8 Å². The minimum Gasteiger partial charge on any atom is -0.445 e. The zero-order valence-electron chi connectivity index (χ0n) is 31.3. The number of halogens is 1. The zero-order valence-corrected chi connectivity index (χ0v) is 32.1. The summed E-state index contributed by atoms with van der Waals surface area (Å²) in [7, 11) is 0. The van der Waals surface area contributed by atoms with E-state index in [0.717, 1.165) is 60.0 Å². The number of hydrogen-bond donors (Lipinski definition) is 2. The van der Waals surface area contributed by atoms with Gasteiger partial charge in [0.15, 0.2) is 0 Å². The van der Waals surface area contributed by atoms with E-state index in [0.29, 0.717) is 50.2 Å². The summed E-state index contributed by atoms with van der Waals surface area (Å²) in [4.78, 5) is 51.0. The summed E-state index contributed by atoms with van der Waals surface area (Å²) in [6, 6.07) is 26.6. The fourth-order valence-electron chi connectivity index (χ4n) is 7.01. The third-order valence-corrected chi connectivity index (χ3v) is 11.0. The van der Waals surface area contributed by atoms with Crippen LogP contribution in [0.15, 0.2) is 96.5 Å². The van der Waals surface area contributed by atoms with Crippen LogP contribution in [-0.4, -0.2) is 82.5 Å². The van der Waals surface area contributed by atoms with Gasteiger partial charge in [0.1, 0.15) is 29.4 Å². The SMILES string of the molecule is Cc1nc(C(=O)NC2CCC(NC(=O)c3cc(F)cnc3Oc3cccc(-c4ccc(CCN5CCN(C(=O)OCc6ccccc6)CC5)cc4)c3)CC2)cs1. The molecular formula is C43H45FN6O5S. The van der Waals surface area contributed by atoms with Gasteiger partial charge in [-0.3, -0.25) is 14.5 Å². The zero-order chi connectivity index (χ0) is 38.9. The number of thiazole rings is 1. The van der Waals surface area contributed by atoms with Gasteiger partial charge in [0, 0.05) is 50.2 Å². The Labute approximate surface area is 329 Å². The smallest absolute Gasteiger partial charge is 0.410 e. The first-order valence-electron chi connectivity index (χ1n) is 19.0. The number of benzene rings is 3. The van der Waals surface area contributed by atoms with Crippen molar-refractivity contribution >= 4 is 29.2 Å². The Morgan fingerprint density at radius 3 is 2.23 bits per heavy atom. The molecule has 3 heterocycles. The standard InChI is InChI=1S/C43H45FN6O5S/c1-29-46-39(28-56-29)41(52)48-36-16-14-35(15-17-36)47-40(51)38-25-34(44)26-45-42(38)55-37-9-5-8-33(24-37)32-12-10-30(11-13-32)18-19-49-20-22-50(23-21-49)43(53)54-27-31-6-3-2-4-7-31/h2-13,24-26,28,35-36H,14-23,27H2,1H3,(H,47,51)(H,48,52). The minimum absolute atomic E-state index is 0.00606. The van der Waals surface area contributed by atoms with Crippen LogP contribution in [0.3, 0.4) is 0 Å². The summed E-state index contributed by atoms with van der Waals surface area (Å²) in [5, 5.41) is 8.65. The summed E-state index contributed by atoms with van der Waals surface area (Å²) in [5.74, 6) is -0.807. The molecule has 1 saturated heterocycles. The highest BCUT2D eigenvalue weighted by molar-refractivity contribution is 7.09. The second-order valence-electron chi connectivity index (χ2n) is 14.2. The van der Waals surface area contributed by atoms with E-state index >= 15 is 0 Å². The quantitative estimate of drug-likeness (QED) is 0.134. The lowest BCUT2D eigenvalue weighted by Gasteiger charge is -2.34. The molecule has 2 fully saturated rings. The molecule has 290 valence electrons. The molecule has 1 aliphatic carbocycles. The van der Waals surface area contributed by atoms with Gasteiger partial charge in [-0.15, -0.1) is 11.3 Å². The average molecular weight is 777 g/mol. The number of carbonyl (C=O) groups excluding carboxylic acids is 3. The normalized spacial score (nSPS) is 17.2. The monoisotopic (exact) mass is 776 g/mol. The van der Waals surface area contributed by atoms with Gasteiger partial charge in [-0.2, -0.15) is 0 Å². The first-order valence-corrected chi connectivity index (χ1v) is 19.9. The number of nitrogens with zero attached hydrogens (tertiary/aromatic N) is 4. The molecule has 3 amide bonds. The molecule has 3 aromatic carbocycles. The van der Waals surface area contributed by atoms with Crippen LogP contribution in [-0.2, 0) is 17.8 Å². The summed E-state index contributed by atoms with van der Waals surface area (Å²) < 4.78 is 26.0. The Morgan fingerprint density at radius 2 is 1.54 bits per heavy atom. The number of pyridine rings is 1. The van der Waals surface area contributed by atoms with E-state index in [9.17, 15) is 18.8 Å². The predicted molar refractivity (Wildman–Crippen MR) is 212 cm³/mol. The summed E-state index contributed by atoms with van der Waals surface area (Å²) in [6.07, 6.45) is 4.38. The molecule has 56 heavy (non-hydrogen) atoms. The van der Waals surface area contributed by atoms with Crippen molar-refractivity contribution in [2.24, 2.45) is 0 Å². The van der Waals surface area contributed by atoms with E-state index < -0.39 is 11.7 Å². The highest BCUT2D eigenvalue weighted by Crippen LogP contribution is 2.29. The van der Waals surface area contributed by atoms with Gasteiger partial charge in [-0.05, 0) is 79.5 Å². The molecule has 2 N–H and O–H groups in total. The lowest BCUT2D eigenvalue weighted by Crippen LogP contribution is -2.49. The number of hydrogen-bond acceptors (Lipinski definition) is 9. The number of ether oxygens (including phenoxy) is 2. The van der Waals surface area contributed by atoms with Crippen LogP contribution in [0.5, 0.6) is 11.6 Å². The fourth-order valence-corrected chi connectivity index (χ4v) is 7.60. The molecular weight excluding hydrogens is 732 g/mol. The molecule has 7 rings (SSSR count). The average Bonchev–Trinajstić information content (AvgIpc) is 3.67.